The summed E-state index contributed by atoms with van der Waals surface area (Å²) in [6.07, 6.45) is -2.17. The van der Waals surface area contributed by atoms with Crippen molar-refractivity contribution in [1.82, 2.24) is 14.6 Å². The van der Waals surface area contributed by atoms with Crippen LogP contribution in [0.1, 0.15) is 25.8 Å². The van der Waals surface area contributed by atoms with E-state index in [-0.39, 0.29) is 23.6 Å². The lowest BCUT2D eigenvalue weighted by Gasteiger charge is -2.19. The van der Waals surface area contributed by atoms with Crippen LogP contribution < -0.4 is 15.2 Å². The van der Waals surface area contributed by atoms with Crippen molar-refractivity contribution in [2.75, 3.05) is 18.5 Å². The van der Waals surface area contributed by atoms with Crippen LogP contribution in [0.2, 0.25) is 5.15 Å². The molecule has 1 aliphatic heterocycles. The third kappa shape index (κ3) is 4.57. The Labute approximate surface area is 207 Å². The van der Waals surface area contributed by atoms with Crippen molar-refractivity contribution in [1.29, 1.82) is 0 Å². The molecule has 5 rings (SSSR count). The van der Waals surface area contributed by atoms with Crippen LogP contribution in [0.4, 0.5) is 5.82 Å². The molecule has 3 heterocycles. The number of aliphatic hydroxyl groups excluding tert-OH is 2. The van der Waals surface area contributed by atoms with Gasteiger partial charge in [-0.1, -0.05) is 37.6 Å². The monoisotopic (exact) mass is 523 g/mol. The molecule has 0 unspecified atom stereocenters. The topological polar surface area (TPSA) is 161 Å². The molecule has 35 heavy (non-hydrogen) atoms. The number of ether oxygens (including phenoxy) is 1. The van der Waals surface area contributed by atoms with Gasteiger partial charge in [0.15, 0.2) is 5.65 Å². The Morgan fingerprint density at radius 2 is 2.09 bits per heavy atom. The fourth-order valence-electron chi connectivity index (χ4n) is 4.74. The number of hydrogen-bond donors (Lipinski definition) is 4. The number of nitrogens with two attached hydrogens (primary N) is 1. The number of halogens is 1. The van der Waals surface area contributed by atoms with Crippen molar-refractivity contribution < 1.29 is 27.6 Å². The van der Waals surface area contributed by atoms with E-state index in [2.05, 4.69) is 28.3 Å². The largest absolute Gasteiger partial charge is 0.492 e. The standard InChI is InChI=1S/C22H26ClN5O6S/c1-22(2)10-33-21-12(4-3-5-13(21)22)14-7-17-26-16(23)8-18(28(17)27-14)25-15-6-11(19(29)20(15)30)9-34-35(24,31)32/h3-5,7-8,11,15,19-20,25,29-30H,6,9-10H2,1-2H3,(H2,24,31,32)/t11-,15-,19-,20+/m1/s1. The van der Waals surface area contributed by atoms with Gasteiger partial charge in [0.05, 0.1) is 31.1 Å². The lowest BCUT2D eigenvalue weighted by molar-refractivity contribution is 0.00777. The normalized spacial score (nSPS) is 25.5. The fraction of sp³-hybridized carbons (Fsp3) is 0.455. The molecule has 2 aliphatic rings. The lowest BCUT2D eigenvalue weighted by Crippen LogP contribution is -2.36. The molecule has 1 fully saturated rings. The molecule has 13 heteroatoms. The molecular formula is C22H26ClN5O6S. The third-order valence-corrected chi connectivity index (χ3v) is 7.23. The summed E-state index contributed by atoms with van der Waals surface area (Å²) in [5.41, 5.74) is 2.95. The fourth-order valence-corrected chi connectivity index (χ4v) is 5.30. The van der Waals surface area contributed by atoms with E-state index >= 15 is 0 Å². The molecule has 188 valence electrons. The van der Waals surface area contributed by atoms with Crippen LogP contribution in [0, 0.1) is 5.92 Å². The van der Waals surface area contributed by atoms with Crippen molar-refractivity contribution in [2.45, 2.75) is 43.9 Å². The number of hydrogen-bond acceptors (Lipinski definition) is 9. The number of nitrogens with zero attached hydrogens (tertiary/aromatic N) is 3. The van der Waals surface area contributed by atoms with Crippen LogP contribution in [-0.4, -0.2) is 64.7 Å². The Hall–Kier alpha value is -2.48. The number of rotatable bonds is 6. The highest BCUT2D eigenvalue weighted by molar-refractivity contribution is 7.84. The molecule has 0 spiro atoms. The van der Waals surface area contributed by atoms with Gasteiger partial charge in [0.2, 0.25) is 0 Å². The minimum atomic E-state index is -4.16. The maximum atomic E-state index is 11.1. The van der Waals surface area contributed by atoms with Gasteiger partial charge in [-0.25, -0.2) is 10.1 Å². The minimum Gasteiger partial charge on any atom is -0.492 e. The predicted octanol–water partition coefficient (Wildman–Crippen LogP) is 1.46. The first-order valence-electron chi connectivity index (χ1n) is 11.1. The molecular weight excluding hydrogens is 498 g/mol. The highest BCUT2D eigenvalue weighted by atomic mass is 35.5. The van der Waals surface area contributed by atoms with E-state index in [1.54, 1.807) is 16.6 Å². The van der Waals surface area contributed by atoms with Crippen LogP contribution in [-0.2, 0) is 19.9 Å². The second-order valence-corrected chi connectivity index (χ2v) is 11.2. The first-order chi connectivity index (χ1) is 16.4. The van der Waals surface area contributed by atoms with Crippen molar-refractivity contribution in [3.05, 3.63) is 41.0 Å². The number of para-hydroxylation sites is 1. The van der Waals surface area contributed by atoms with Gasteiger partial charge < -0.3 is 20.3 Å². The Balaban J connectivity index is 1.46. The summed E-state index contributed by atoms with van der Waals surface area (Å²) < 4.78 is 34.4. The molecule has 5 N–H and O–H groups in total. The zero-order chi connectivity index (χ0) is 25.1. The molecule has 0 saturated heterocycles. The van der Waals surface area contributed by atoms with Gasteiger partial charge in [-0.15, -0.1) is 0 Å². The molecule has 1 aromatic carbocycles. The number of aliphatic hydroxyl groups is 2. The lowest BCUT2D eigenvalue weighted by atomic mass is 9.86. The Morgan fingerprint density at radius 3 is 2.83 bits per heavy atom. The number of fused-ring (bicyclic) bond motifs is 2. The molecule has 0 radical (unpaired) electrons. The summed E-state index contributed by atoms with van der Waals surface area (Å²) in [6.45, 7) is 4.47. The molecule has 1 aliphatic carbocycles. The van der Waals surface area contributed by atoms with Gasteiger partial charge in [0, 0.05) is 34.6 Å². The van der Waals surface area contributed by atoms with Crippen LogP contribution in [0.15, 0.2) is 30.3 Å². The van der Waals surface area contributed by atoms with Gasteiger partial charge in [0.1, 0.15) is 22.8 Å². The number of benzene rings is 1. The minimum absolute atomic E-state index is 0.109. The van der Waals surface area contributed by atoms with Gasteiger partial charge >= 0.3 is 10.3 Å². The molecule has 4 atom stereocenters. The van der Waals surface area contributed by atoms with Gasteiger partial charge in [-0.2, -0.15) is 18.0 Å². The van der Waals surface area contributed by atoms with Crippen LogP contribution in [0.3, 0.4) is 0 Å². The molecule has 0 amide bonds. The van der Waals surface area contributed by atoms with Crippen LogP contribution in [0.25, 0.3) is 16.9 Å². The molecule has 3 aromatic rings. The van der Waals surface area contributed by atoms with Crippen molar-refractivity contribution in [2.24, 2.45) is 11.1 Å². The first kappa shape index (κ1) is 24.2. The first-order valence-corrected chi connectivity index (χ1v) is 12.9. The van der Waals surface area contributed by atoms with E-state index < -0.39 is 34.5 Å². The van der Waals surface area contributed by atoms with E-state index in [1.807, 2.05) is 18.2 Å². The number of anilines is 1. The van der Waals surface area contributed by atoms with Crippen LogP contribution in [0.5, 0.6) is 5.75 Å². The Kier molecular flexibility index (Phi) is 5.93. The average molecular weight is 524 g/mol. The predicted molar refractivity (Wildman–Crippen MR) is 129 cm³/mol. The molecule has 2 aromatic heterocycles. The van der Waals surface area contributed by atoms with Crippen LogP contribution >= 0.6 is 11.6 Å². The highest BCUT2D eigenvalue weighted by Gasteiger charge is 2.42. The Bertz CT molecular complexity index is 1390. The number of nitrogens with one attached hydrogen (secondary N) is 1. The Morgan fingerprint density at radius 1 is 1.31 bits per heavy atom. The summed E-state index contributed by atoms with van der Waals surface area (Å²) in [5.74, 6) is 0.590. The maximum Gasteiger partial charge on any atom is 0.333 e. The van der Waals surface area contributed by atoms with E-state index in [9.17, 15) is 18.6 Å². The van der Waals surface area contributed by atoms with Crippen molar-refractivity contribution >= 4 is 33.4 Å². The SMILES string of the molecule is CC1(C)COc2c(-c3cc4nc(Cl)cc(N[C@@H]5C[C@H](COS(N)(=O)=O)[C@@H](O)[C@H]5O)n4n3)cccc21. The van der Waals surface area contributed by atoms with Crippen molar-refractivity contribution in [3.8, 4) is 17.0 Å². The summed E-state index contributed by atoms with van der Waals surface area (Å²) >= 11 is 6.26. The smallest absolute Gasteiger partial charge is 0.333 e. The maximum absolute atomic E-state index is 11.1. The zero-order valence-electron chi connectivity index (χ0n) is 19.1. The summed E-state index contributed by atoms with van der Waals surface area (Å²) in [4.78, 5) is 4.36. The van der Waals surface area contributed by atoms with Crippen molar-refractivity contribution in [3.63, 3.8) is 0 Å². The van der Waals surface area contributed by atoms with Gasteiger partial charge in [-0.05, 0) is 12.5 Å². The summed E-state index contributed by atoms with van der Waals surface area (Å²) in [7, 11) is -4.16. The van der Waals surface area contributed by atoms with E-state index in [0.29, 0.717) is 23.8 Å². The van der Waals surface area contributed by atoms with E-state index in [1.165, 1.54) is 0 Å². The van der Waals surface area contributed by atoms with E-state index in [4.69, 9.17) is 26.6 Å². The molecule has 1 saturated carbocycles. The number of aromatic nitrogens is 3. The molecule has 11 nitrogen and oxygen atoms in total. The third-order valence-electron chi connectivity index (χ3n) is 6.57. The van der Waals surface area contributed by atoms with Gasteiger partial charge in [-0.3, -0.25) is 4.18 Å². The summed E-state index contributed by atoms with van der Waals surface area (Å²) in [5, 5.41) is 33.9. The summed E-state index contributed by atoms with van der Waals surface area (Å²) in [6, 6.07) is 8.68. The highest BCUT2D eigenvalue weighted by Crippen LogP contribution is 2.44. The van der Waals surface area contributed by atoms with Gasteiger partial charge in [0.25, 0.3) is 0 Å². The second kappa shape index (κ2) is 8.57. The zero-order valence-corrected chi connectivity index (χ0v) is 20.6. The molecule has 0 bridgehead atoms. The van der Waals surface area contributed by atoms with E-state index in [0.717, 1.165) is 16.9 Å². The average Bonchev–Trinajstić information content (AvgIpc) is 3.42. The quantitative estimate of drug-likeness (QED) is 0.350. The second-order valence-electron chi connectivity index (χ2n) is 9.62.